The van der Waals surface area contributed by atoms with E-state index < -0.39 is 15.4 Å². The maximum absolute atomic E-state index is 13.2. The summed E-state index contributed by atoms with van der Waals surface area (Å²) in [6.45, 7) is 4.93. The number of nitrogens with zero attached hydrogens (tertiary/aromatic N) is 3. The van der Waals surface area contributed by atoms with E-state index in [1.54, 1.807) is 12.3 Å². The van der Waals surface area contributed by atoms with Crippen LogP contribution in [-0.4, -0.2) is 60.5 Å². The van der Waals surface area contributed by atoms with E-state index in [1.165, 1.54) is 11.4 Å². The van der Waals surface area contributed by atoms with Crippen molar-refractivity contribution >= 4 is 15.8 Å². The van der Waals surface area contributed by atoms with Crippen LogP contribution in [0.25, 0.3) is 0 Å². The van der Waals surface area contributed by atoms with E-state index in [1.807, 2.05) is 0 Å². The summed E-state index contributed by atoms with van der Waals surface area (Å²) in [4.78, 5) is 20.8. The summed E-state index contributed by atoms with van der Waals surface area (Å²) >= 11 is 0. The number of aromatic nitrogens is 2. The second kappa shape index (κ2) is 7.19. The number of fused-ring (bicyclic) bond motifs is 2. The van der Waals surface area contributed by atoms with Crippen molar-refractivity contribution in [3.63, 3.8) is 0 Å². The molecule has 1 aliphatic heterocycles. The van der Waals surface area contributed by atoms with Crippen molar-refractivity contribution in [3.8, 4) is 11.9 Å². The number of sulfonamides is 1. The number of carbonyl (C=O) groups is 1. The Bertz CT molecular complexity index is 895. The van der Waals surface area contributed by atoms with Gasteiger partial charge in [-0.15, -0.1) is 0 Å². The zero-order valence-corrected chi connectivity index (χ0v) is 18.1. The molecule has 0 radical (unpaired) electrons. The fraction of sp³-hybridized carbons (Fsp3) is 0.750. The second-order valence-corrected chi connectivity index (χ2v) is 11.0. The van der Waals surface area contributed by atoms with Crippen molar-refractivity contribution < 1.29 is 22.7 Å². The lowest BCUT2D eigenvalue weighted by molar-refractivity contribution is -0.128. The average molecular weight is 424 g/mol. The molecule has 2 unspecified atom stereocenters. The fourth-order valence-corrected chi connectivity index (χ4v) is 7.65. The van der Waals surface area contributed by atoms with E-state index in [4.69, 9.17) is 9.47 Å². The highest BCUT2D eigenvalue weighted by molar-refractivity contribution is 7.89. The van der Waals surface area contributed by atoms with Gasteiger partial charge in [-0.1, -0.05) is 13.8 Å². The molecule has 2 atom stereocenters. The molecule has 2 aliphatic carbocycles. The smallest absolute Gasteiger partial charge is 0.319 e. The predicted octanol–water partition coefficient (Wildman–Crippen LogP) is 2.05. The highest BCUT2D eigenvalue weighted by atomic mass is 32.2. The SMILES string of the molecule is COc1nccc(OC2CCN(S(=O)(=O)CC34CCC(CC3=O)C4(C)C)CC2)n1. The number of hydrogen-bond acceptors (Lipinski definition) is 7. The number of hydrogen-bond donors (Lipinski definition) is 0. The van der Waals surface area contributed by atoms with Gasteiger partial charge >= 0.3 is 6.01 Å². The number of ketones is 1. The highest BCUT2D eigenvalue weighted by Gasteiger charge is 2.65. The van der Waals surface area contributed by atoms with Gasteiger partial charge in [0.1, 0.15) is 11.9 Å². The zero-order valence-electron chi connectivity index (χ0n) is 17.3. The summed E-state index contributed by atoms with van der Waals surface area (Å²) in [6.07, 6.45) is 4.79. The quantitative estimate of drug-likeness (QED) is 0.690. The number of ether oxygens (including phenoxy) is 2. The molecule has 0 amide bonds. The minimum absolute atomic E-state index is 0.0586. The monoisotopic (exact) mass is 423 g/mol. The molecule has 1 aromatic heterocycles. The van der Waals surface area contributed by atoms with Gasteiger partial charge in [0.2, 0.25) is 15.9 Å². The first-order valence-corrected chi connectivity index (χ1v) is 11.8. The molecule has 1 saturated heterocycles. The van der Waals surface area contributed by atoms with E-state index in [0.29, 0.717) is 50.6 Å². The Hall–Kier alpha value is -1.74. The first kappa shape index (κ1) is 20.5. The van der Waals surface area contributed by atoms with Crippen LogP contribution >= 0.6 is 0 Å². The molecular formula is C20H29N3O5S. The molecule has 3 fully saturated rings. The highest BCUT2D eigenvalue weighted by Crippen LogP contribution is 2.64. The van der Waals surface area contributed by atoms with Crippen LogP contribution < -0.4 is 9.47 Å². The van der Waals surface area contributed by atoms with Gasteiger partial charge in [0.25, 0.3) is 0 Å². The lowest BCUT2D eigenvalue weighted by atomic mass is 9.70. The van der Waals surface area contributed by atoms with Crippen LogP contribution in [0.5, 0.6) is 11.9 Å². The lowest BCUT2D eigenvalue weighted by Gasteiger charge is -2.39. The van der Waals surface area contributed by atoms with Crippen LogP contribution in [0.15, 0.2) is 12.3 Å². The first-order valence-electron chi connectivity index (χ1n) is 10.2. The van der Waals surface area contributed by atoms with Gasteiger partial charge in [-0.3, -0.25) is 4.79 Å². The molecule has 160 valence electrons. The summed E-state index contributed by atoms with van der Waals surface area (Å²) < 4.78 is 38.8. The predicted molar refractivity (Wildman–Crippen MR) is 106 cm³/mol. The average Bonchev–Trinajstić information content (AvgIpc) is 3.02. The van der Waals surface area contributed by atoms with Crippen molar-refractivity contribution in [2.24, 2.45) is 16.7 Å². The molecule has 2 saturated carbocycles. The van der Waals surface area contributed by atoms with Crippen molar-refractivity contribution in [1.29, 1.82) is 0 Å². The van der Waals surface area contributed by atoms with E-state index in [9.17, 15) is 13.2 Å². The molecule has 0 aromatic carbocycles. The standard InChI is InChI=1S/C20H29N3O5S/c1-19(2)14-4-8-20(19,16(24)12-14)13-29(25,26)23-10-6-15(7-11-23)28-17-5-9-21-18(22-17)27-3/h5,9,14-15H,4,6-8,10-13H2,1-3H3. The van der Waals surface area contributed by atoms with Gasteiger partial charge in [0.05, 0.1) is 12.9 Å². The number of rotatable bonds is 6. The van der Waals surface area contributed by atoms with Gasteiger partial charge in [-0.05, 0) is 37.0 Å². The summed E-state index contributed by atoms with van der Waals surface area (Å²) in [5.74, 6) is 0.816. The number of methoxy groups -OCH3 is 1. The van der Waals surface area contributed by atoms with Crippen LogP contribution in [0.2, 0.25) is 0 Å². The molecule has 0 spiro atoms. The van der Waals surface area contributed by atoms with Crippen LogP contribution in [-0.2, 0) is 14.8 Å². The zero-order chi connectivity index (χ0) is 20.9. The Labute approximate surface area is 172 Å². The molecule has 1 aromatic rings. The minimum atomic E-state index is -3.51. The Morgan fingerprint density at radius 1 is 1.24 bits per heavy atom. The molecule has 2 bridgehead atoms. The van der Waals surface area contributed by atoms with E-state index >= 15 is 0 Å². The topological polar surface area (TPSA) is 98.7 Å². The molecule has 29 heavy (non-hydrogen) atoms. The van der Waals surface area contributed by atoms with Crippen LogP contribution in [0.4, 0.5) is 0 Å². The van der Waals surface area contributed by atoms with E-state index in [-0.39, 0.29) is 29.1 Å². The van der Waals surface area contributed by atoms with Gasteiger partial charge in [-0.25, -0.2) is 17.7 Å². The molecule has 2 heterocycles. The Balaban J connectivity index is 1.40. The second-order valence-electron chi connectivity index (χ2n) is 9.02. The van der Waals surface area contributed by atoms with Crippen LogP contribution in [0.3, 0.4) is 0 Å². The largest absolute Gasteiger partial charge is 0.474 e. The summed E-state index contributed by atoms with van der Waals surface area (Å²) in [7, 11) is -2.02. The number of piperidine rings is 1. The molecule has 3 aliphatic rings. The lowest BCUT2D eigenvalue weighted by Crippen LogP contribution is -2.49. The Kier molecular flexibility index (Phi) is 5.09. The third-order valence-electron chi connectivity index (χ3n) is 7.44. The summed E-state index contributed by atoms with van der Waals surface area (Å²) in [5, 5.41) is 0. The first-order chi connectivity index (χ1) is 13.7. The molecule has 0 N–H and O–H groups in total. The van der Waals surface area contributed by atoms with Crippen LogP contribution in [0, 0.1) is 16.7 Å². The van der Waals surface area contributed by atoms with Crippen molar-refractivity contribution in [3.05, 3.63) is 12.3 Å². The summed E-state index contributed by atoms with van der Waals surface area (Å²) in [6, 6.07) is 1.90. The maximum atomic E-state index is 13.2. The molecule has 8 nitrogen and oxygen atoms in total. The Morgan fingerprint density at radius 2 is 1.97 bits per heavy atom. The molecule has 4 rings (SSSR count). The van der Waals surface area contributed by atoms with Crippen molar-refractivity contribution in [1.82, 2.24) is 14.3 Å². The molecule has 9 heteroatoms. The number of Topliss-reactive ketones (excluding diaryl/α,β-unsaturated/α-hetero) is 1. The van der Waals surface area contributed by atoms with Crippen molar-refractivity contribution in [2.45, 2.75) is 52.1 Å². The van der Waals surface area contributed by atoms with Gasteiger partial charge in [0, 0.05) is 37.2 Å². The van der Waals surface area contributed by atoms with Gasteiger partial charge in [0.15, 0.2) is 0 Å². The van der Waals surface area contributed by atoms with E-state index in [2.05, 4.69) is 23.8 Å². The van der Waals surface area contributed by atoms with Crippen molar-refractivity contribution in [2.75, 3.05) is 26.0 Å². The molecular weight excluding hydrogens is 394 g/mol. The maximum Gasteiger partial charge on any atom is 0.319 e. The fourth-order valence-electron chi connectivity index (χ4n) is 5.40. The van der Waals surface area contributed by atoms with Gasteiger partial charge in [-0.2, -0.15) is 4.98 Å². The van der Waals surface area contributed by atoms with Gasteiger partial charge < -0.3 is 9.47 Å². The van der Waals surface area contributed by atoms with Crippen LogP contribution in [0.1, 0.15) is 46.0 Å². The normalized spacial score (nSPS) is 29.9. The summed E-state index contributed by atoms with van der Waals surface area (Å²) in [5.41, 5.74) is -0.966. The number of carbonyl (C=O) groups excluding carboxylic acids is 1. The third-order valence-corrected chi connectivity index (χ3v) is 9.45. The third kappa shape index (κ3) is 3.42. The van der Waals surface area contributed by atoms with E-state index in [0.717, 1.165) is 6.42 Å². The minimum Gasteiger partial charge on any atom is -0.474 e. The Morgan fingerprint density at radius 3 is 2.55 bits per heavy atom.